The van der Waals surface area contributed by atoms with Gasteiger partial charge >= 0.3 is 0 Å². The van der Waals surface area contributed by atoms with Gasteiger partial charge in [0.25, 0.3) is 5.91 Å². The Kier molecular flexibility index (Phi) is 7.39. The van der Waals surface area contributed by atoms with Crippen molar-refractivity contribution in [1.82, 2.24) is 9.21 Å². The monoisotopic (exact) mass is 473 g/mol. The number of piperazine rings is 1. The lowest BCUT2D eigenvalue weighted by Gasteiger charge is -2.36. The van der Waals surface area contributed by atoms with Crippen molar-refractivity contribution in [2.24, 2.45) is 0 Å². The van der Waals surface area contributed by atoms with Crippen molar-refractivity contribution in [3.63, 3.8) is 0 Å². The number of hydrogen-bond donors (Lipinski definition) is 0. The second-order valence-electron chi connectivity index (χ2n) is 8.26. The van der Waals surface area contributed by atoms with Gasteiger partial charge in [-0.1, -0.05) is 18.6 Å². The molecule has 0 N–H and O–H groups in total. The minimum absolute atomic E-state index is 0.0765. The molecule has 0 unspecified atom stereocenters. The van der Waals surface area contributed by atoms with Gasteiger partial charge in [-0.3, -0.25) is 4.79 Å². The van der Waals surface area contributed by atoms with E-state index >= 15 is 0 Å². The van der Waals surface area contributed by atoms with Gasteiger partial charge in [0.1, 0.15) is 11.5 Å². The molecule has 178 valence electrons. The summed E-state index contributed by atoms with van der Waals surface area (Å²) in [5.74, 6) is 1.22. The Labute approximate surface area is 195 Å². The molecule has 2 aromatic rings. The normalized spacial score (nSPS) is 17.6. The molecule has 0 radical (unpaired) electrons. The van der Waals surface area contributed by atoms with E-state index in [9.17, 15) is 13.2 Å². The molecule has 1 amide bonds. The maximum atomic E-state index is 12.8. The maximum Gasteiger partial charge on any atom is 0.260 e. The van der Waals surface area contributed by atoms with E-state index in [1.807, 2.05) is 24.3 Å². The molecule has 2 fully saturated rings. The van der Waals surface area contributed by atoms with Crippen LogP contribution in [-0.2, 0) is 14.8 Å². The van der Waals surface area contributed by atoms with E-state index < -0.39 is 10.0 Å². The Balaban J connectivity index is 1.28. The van der Waals surface area contributed by atoms with E-state index in [-0.39, 0.29) is 17.4 Å². The predicted octanol–water partition coefficient (Wildman–Crippen LogP) is 2.60. The van der Waals surface area contributed by atoms with Crippen LogP contribution >= 0.6 is 0 Å². The zero-order chi connectivity index (χ0) is 23.3. The molecule has 9 heteroatoms. The summed E-state index contributed by atoms with van der Waals surface area (Å²) >= 11 is 0. The smallest absolute Gasteiger partial charge is 0.260 e. The number of anilines is 1. The summed E-state index contributed by atoms with van der Waals surface area (Å²) in [5, 5.41) is 0. The molecule has 8 nitrogen and oxygen atoms in total. The number of ether oxygens (including phenoxy) is 2. The second-order valence-corrected chi connectivity index (χ2v) is 10.2. The van der Waals surface area contributed by atoms with E-state index in [0.29, 0.717) is 31.9 Å². The van der Waals surface area contributed by atoms with Crippen molar-refractivity contribution in [3.05, 3.63) is 48.5 Å². The van der Waals surface area contributed by atoms with Gasteiger partial charge in [-0.2, -0.15) is 4.31 Å². The first-order valence-electron chi connectivity index (χ1n) is 11.4. The van der Waals surface area contributed by atoms with Crippen LogP contribution in [0.1, 0.15) is 19.3 Å². The predicted molar refractivity (Wildman–Crippen MR) is 126 cm³/mol. The van der Waals surface area contributed by atoms with Gasteiger partial charge in [0.05, 0.1) is 17.7 Å². The van der Waals surface area contributed by atoms with Gasteiger partial charge in [0, 0.05) is 39.3 Å². The van der Waals surface area contributed by atoms with Crippen molar-refractivity contribution in [1.29, 1.82) is 0 Å². The average Bonchev–Trinajstić information content (AvgIpc) is 2.88. The molecular weight excluding hydrogens is 442 g/mol. The fraction of sp³-hybridized carbons (Fsp3) is 0.458. The van der Waals surface area contributed by atoms with E-state index in [1.54, 1.807) is 40.6 Å². The number of amides is 1. The van der Waals surface area contributed by atoms with Crippen LogP contribution in [-0.4, -0.2) is 76.5 Å². The fourth-order valence-electron chi connectivity index (χ4n) is 4.29. The third-order valence-electron chi connectivity index (χ3n) is 6.20. The van der Waals surface area contributed by atoms with Gasteiger partial charge < -0.3 is 19.3 Å². The van der Waals surface area contributed by atoms with E-state index in [4.69, 9.17) is 9.47 Å². The van der Waals surface area contributed by atoms with Crippen molar-refractivity contribution in [2.45, 2.75) is 24.2 Å². The number of piperidine rings is 1. The highest BCUT2D eigenvalue weighted by molar-refractivity contribution is 7.89. The fourth-order valence-corrected chi connectivity index (χ4v) is 5.80. The maximum absolute atomic E-state index is 12.8. The zero-order valence-electron chi connectivity index (χ0n) is 19.0. The highest BCUT2D eigenvalue weighted by Gasteiger charge is 2.26. The average molecular weight is 474 g/mol. The third kappa shape index (κ3) is 5.42. The first kappa shape index (κ1) is 23.4. The van der Waals surface area contributed by atoms with E-state index in [0.717, 1.165) is 43.8 Å². The number of methoxy groups -OCH3 is 1. The van der Waals surface area contributed by atoms with Crippen molar-refractivity contribution < 1.29 is 22.7 Å². The van der Waals surface area contributed by atoms with Crippen LogP contribution < -0.4 is 14.4 Å². The molecule has 0 atom stereocenters. The molecule has 33 heavy (non-hydrogen) atoms. The van der Waals surface area contributed by atoms with Crippen LogP contribution in [0, 0.1) is 0 Å². The number of carbonyl (C=O) groups excluding carboxylic acids is 1. The van der Waals surface area contributed by atoms with E-state index in [2.05, 4.69) is 4.90 Å². The minimum atomic E-state index is -3.47. The summed E-state index contributed by atoms with van der Waals surface area (Å²) in [6, 6.07) is 14.2. The van der Waals surface area contributed by atoms with Gasteiger partial charge in [-0.05, 0) is 49.2 Å². The van der Waals surface area contributed by atoms with Gasteiger partial charge in [0.2, 0.25) is 10.0 Å². The molecule has 0 aliphatic carbocycles. The Hall–Kier alpha value is -2.78. The molecular formula is C24H31N3O5S. The summed E-state index contributed by atoms with van der Waals surface area (Å²) in [4.78, 5) is 16.9. The first-order chi connectivity index (χ1) is 16.0. The van der Waals surface area contributed by atoms with Gasteiger partial charge in [0.15, 0.2) is 6.61 Å². The highest BCUT2D eigenvalue weighted by atomic mass is 32.2. The van der Waals surface area contributed by atoms with Crippen molar-refractivity contribution in [2.75, 3.05) is 57.9 Å². The molecule has 4 rings (SSSR count). The van der Waals surface area contributed by atoms with Crippen LogP contribution in [0.3, 0.4) is 0 Å². The molecule has 0 bridgehead atoms. The topological polar surface area (TPSA) is 79.4 Å². The molecule has 2 heterocycles. The molecule has 2 saturated heterocycles. The molecule has 0 saturated carbocycles. The summed E-state index contributed by atoms with van der Waals surface area (Å²) in [6.45, 7) is 3.70. The lowest BCUT2D eigenvalue weighted by Crippen LogP contribution is -2.50. The summed E-state index contributed by atoms with van der Waals surface area (Å²) < 4.78 is 38.1. The summed E-state index contributed by atoms with van der Waals surface area (Å²) in [7, 11) is -1.81. The van der Waals surface area contributed by atoms with Gasteiger partial charge in [-0.15, -0.1) is 0 Å². The van der Waals surface area contributed by atoms with Crippen LogP contribution in [0.5, 0.6) is 11.5 Å². The van der Waals surface area contributed by atoms with E-state index in [1.165, 1.54) is 0 Å². The van der Waals surface area contributed by atoms with Crippen LogP contribution in [0.25, 0.3) is 0 Å². The molecule has 2 aliphatic heterocycles. The molecule has 2 aromatic carbocycles. The number of nitrogens with zero attached hydrogens (tertiary/aromatic N) is 3. The van der Waals surface area contributed by atoms with Crippen LogP contribution in [0.2, 0.25) is 0 Å². The SMILES string of the molecule is COc1ccccc1N1CCN(C(=O)COc2ccc(S(=O)(=O)N3CCCCC3)cc2)CC1. The summed E-state index contributed by atoms with van der Waals surface area (Å²) in [6.07, 6.45) is 2.87. The summed E-state index contributed by atoms with van der Waals surface area (Å²) in [5.41, 5.74) is 1.03. The van der Waals surface area contributed by atoms with Crippen LogP contribution in [0.4, 0.5) is 5.69 Å². The van der Waals surface area contributed by atoms with Crippen molar-refractivity contribution in [3.8, 4) is 11.5 Å². The third-order valence-corrected chi connectivity index (χ3v) is 8.11. The number of benzene rings is 2. The van der Waals surface area contributed by atoms with Crippen LogP contribution in [0.15, 0.2) is 53.4 Å². The minimum Gasteiger partial charge on any atom is -0.495 e. The standard InChI is InChI=1S/C24H31N3O5S/c1-31-23-8-4-3-7-22(23)25-15-17-26(18-16-25)24(28)19-32-20-9-11-21(12-10-20)33(29,30)27-13-5-2-6-14-27/h3-4,7-12H,2,5-6,13-19H2,1H3. The number of rotatable bonds is 7. The molecule has 0 spiro atoms. The number of hydrogen-bond acceptors (Lipinski definition) is 6. The zero-order valence-corrected chi connectivity index (χ0v) is 19.8. The largest absolute Gasteiger partial charge is 0.495 e. The Bertz CT molecular complexity index is 1040. The van der Waals surface area contributed by atoms with Gasteiger partial charge in [-0.25, -0.2) is 8.42 Å². The highest BCUT2D eigenvalue weighted by Crippen LogP contribution is 2.28. The quantitative estimate of drug-likeness (QED) is 0.615. The number of para-hydroxylation sites is 2. The Morgan fingerprint density at radius 1 is 0.879 bits per heavy atom. The first-order valence-corrected chi connectivity index (χ1v) is 12.8. The van der Waals surface area contributed by atoms with Crippen molar-refractivity contribution >= 4 is 21.6 Å². The lowest BCUT2D eigenvalue weighted by molar-refractivity contribution is -0.133. The number of carbonyl (C=O) groups is 1. The molecule has 0 aromatic heterocycles. The Morgan fingerprint density at radius 2 is 1.55 bits per heavy atom. The number of sulfonamides is 1. The second kappa shape index (κ2) is 10.4. The lowest BCUT2D eigenvalue weighted by atomic mass is 10.2. The molecule has 2 aliphatic rings. The Morgan fingerprint density at radius 3 is 2.21 bits per heavy atom.